The number of carbonyl (C=O) groups excluding carboxylic acids is 1. The van der Waals surface area contributed by atoms with Crippen LogP contribution in [0.1, 0.15) is 76.1 Å². The van der Waals surface area contributed by atoms with Crippen LogP contribution < -0.4 is 0 Å². The summed E-state index contributed by atoms with van der Waals surface area (Å²) in [7, 11) is 0. The molecule has 7 unspecified atom stereocenters. The lowest BCUT2D eigenvalue weighted by Gasteiger charge is -2.59. The summed E-state index contributed by atoms with van der Waals surface area (Å²) in [5.74, 6) is 2.04. The molecule has 0 amide bonds. The average molecular weight is 604 g/mol. The number of rotatable bonds is 5. The molecule has 42 heavy (non-hydrogen) atoms. The minimum absolute atomic E-state index is 0.0281. The van der Waals surface area contributed by atoms with Crippen molar-refractivity contribution in [3.8, 4) is 0 Å². The van der Waals surface area contributed by atoms with Crippen LogP contribution in [-0.2, 0) is 16.0 Å². The maximum atomic E-state index is 13.8. The number of ether oxygens (including phenoxy) is 1. The third kappa shape index (κ3) is 4.22. The van der Waals surface area contributed by atoms with Gasteiger partial charge in [0, 0.05) is 19.1 Å². The predicted octanol–water partition coefficient (Wildman–Crippen LogP) is 6.97. The molecule has 7 atom stereocenters. The van der Waals surface area contributed by atoms with Gasteiger partial charge in [0.25, 0.3) is 0 Å². The number of nitrogens with zero attached hydrogens (tertiary/aromatic N) is 3. The van der Waals surface area contributed by atoms with Crippen molar-refractivity contribution < 1.29 is 14.6 Å². The van der Waals surface area contributed by atoms with Gasteiger partial charge in [0.05, 0.1) is 40.0 Å². The fraction of sp³-hybridized carbons (Fsp3) is 0.618. The summed E-state index contributed by atoms with van der Waals surface area (Å²) in [5.41, 5.74) is 4.96. The fourth-order valence-electron chi connectivity index (χ4n) is 10.1. The quantitative estimate of drug-likeness (QED) is 0.317. The number of benzene rings is 1. The Labute approximate surface area is 256 Å². The lowest BCUT2D eigenvalue weighted by Crippen LogP contribution is -2.57. The van der Waals surface area contributed by atoms with Gasteiger partial charge >= 0.3 is 0 Å². The Morgan fingerprint density at radius 3 is 2.83 bits per heavy atom. The molecule has 0 spiro atoms. The number of fused-ring (bicyclic) bond motifs is 7. The summed E-state index contributed by atoms with van der Waals surface area (Å²) in [5, 5.41) is 16.9. The molecule has 3 aromatic rings. The van der Waals surface area contributed by atoms with E-state index in [1.165, 1.54) is 21.5 Å². The SMILES string of the molecule is CC12Cc3cnn(C4CCOCC4)c3C=C1CCC1C2C(O)CC2(C)C(C(=O)CSc3nc4ccccc4s3)CCC12. The van der Waals surface area contributed by atoms with Gasteiger partial charge in [-0.25, -0.2) is 4.98 Å². The second-order valence-electron chi connectivity index (χ2n) is 14.1. The van der Waals surface area contributed by atoms with E-state index in [0.717, 1.165) is 74.4 Å². The Kier molecular flexibility index (Phi) is 6.74. The van der Waals surface area contributed by atoms with Gasteiger partial charge in [-0.15, -0.1) is 11.3 Å². The van der Waals surface area contributed by atoms with Crippen LogP contribution in [0.25, 0.3) is 16.3 Å². The van der Waals surface area contributed by atoms with Crippen molar-refractivity contribution in [3.63, 3.8) is 0 Å². The molecule has 4 fully saturated rings. The smallest absolute Gasteiger partial charge is 0.151 e. The van der Waals surface area contributed by atoms with Gasteiger partial charge in [0.1, 0.15) is 5.78 Å². The molecule has 1 aromatic carbocycles. The van der Waals surface area contributed by atoms with Crippen molar-refractivity contribution in [1.82, 2.24) is 14.8 Å². The number of aliphatic hydroxyl groups excluding tert-OH is 1. The van der Waals surface area contributed by atoms with Gasteiger partial charge < -0.3 is 9.84 Å². The van der Waals surface area contributed by atoms with Crippen molar-refractivity contribution in [3.05, 3.63) is 47.3 Å². The highest BCUT2D eigenvalue weighted by molar-refractivity contribution is 8.01. The van der Waals surface area contributed by atoms with Crippen LogP contribution in [0.15, 0.2) is 40.4 Å². The predicted molar refractivity (Wildman–Crippen MR) is 168 cm³/mol. The molecular formula is C34H41N3O3S2. The number of hydrogen-bond acceptors (Lipinski definition) is 7. The van der Waals surface area contributed by atoms with E-state index in [0.29, 0.717) is 29.4 Å². The number of thiazole rings is 1. The molecule has 222 valence electrons. The maximum Gasteiger partial charge on any atom is 0.151 e. The van der Waals surface area contributed by atoms with Crippen molar-refractivity contribution in [2.75, 3.05) is 19.0 Å². The number of aliphatic hydroxyl groups is 1. The van der Waals surface area contributed by atoms with Crippen LogP contribution in [0.3, 0.4) is 0 Å². The molecule has 2 aromatic heterocycles. The van der Waals surface area contributed by atoms with E-state index >= 15 is 0 Å². The number of thioether (sulfide) groups is 1. The lowest BCUT2D eigenvalue weighted by molar-refractivity contribution is -0.140. The zero-order valence-corrected chi connectivity index (χ0v) is 26.3. The van der Waals surface area contributed by atoms with Crippen molar-refractivity contribution in [1.29, 1.82) is 0 Å². The van der Waals surface area contributed by atoms with Crippen LogP contribution in [0, 0.1) is 34.5 Å². The zero-order valence-electron chi connectivity index (χ0n) is 24.6. The highest BCUT2D eigenvalue weighted by atomic mass is 32.2. The van der Waals surface area contributed by atoms with Gasteiger partial charge in [-0.1, -0.05) is 43.3 Å². The van der Waals surface area contributed by atoms with Gasteiger partial charge in [-0.3, -0.25) is 9.48 Å². The van der Waals surface area contributed by atoms with Gasteiger partial charge in [-0.2, -0.15) is 5.10 Å². The molecule has 3 saturated carbocycles. The van der Waals surface area contributed by atoms with E-state index in [9.17, 15) is 9.90 Å². The van der Waals surface area contributed by atoms with Crippen molar-refractivity contribution >= 4 is 45.2 Å². The molecule has 1 N–H and O–H groups in total. The first-order chi connectivity index (χ1) is 20.3. The van der Waals surface area contributed by atoms with Crippen molar-refractivity contribution in [2.45, 2.75) is 81.7 Å². The number of aromatic nitrogens is 3. The number of para-hydroxylation sites is 1. The van der Waals surface area contributed by atoms with Crippen LogP contribution in [0.5, 0.6) is 0 Å². The molecule has 4 aliphatic carbocycles. The maximum absolute atomic E-state index is 13.8. The highest BCUT2D eigenvalue weighted by Gasteiger charge is 2.63. The van der Waals surface area contributed by atoms with Crippen LogP contribution in [0.4, 0.5) is 0 Å². The summed E-state index contributed by atoms with van der Waals surface area (Å²) in [6.45, 7) is 6.38. The monoisotopic (exact) mass is 603 g/mol. The van der Waals surface area contributed by atoms with E-state index < -0.39 is 0 Å². The molecule has 3 heterocycles. The number of hydrogen-bond donors (Lipinski definition) is 1. The van der Waals surface area contributed by atoms with Crippen LogP contribution >= 0.6 is 23.1 Å². The normalized spacial score (nSPS) is 36.2. The topological polar surface area (TPSA) is 77.2 Å². The summed E-state index contributed by atoms with van der Waals surface area (Å²) in [4.78, 5) is 18.5. The molecule has 8 rings (SSSR count). The fourth-order valence-corrected chi connectivity index (χ4v) is 12.1. The Morgan fingerprint density at radius 2 is 2.00 bits per heavy atom. The summed E-state index contributed by atoms with van der Waals surface area (Å²) in [6.07, 6.45) is 12.2. The first-order valence-corrected chi connectivity index (χ1v) is 17.7. The third-order valence-corrected chi connectivity index (χ3v) is 14.2. The van der Waals surface area contributed by atoms with Gasteiger partial charge in [0.2, 0.25) is 0 Å². The van der Waals surface area contributed by atoms with Crippen LogP contribution in [-0.4, -0.2) is 50.7 Å². The lowest BCUT2D eigenvalue weighted by atomic mass is 9.46. The van der Waals surface area contributed by atoms with E-state index in [1.54, 1.807) is 23.1 Å². The highest BCUT2D eigenvalue weighted by Crippen LogP contribution is 2.66. The number of ketones is 1. The standard InChI is InChI=1S/C34H41N3O3S2/c1-33-16-20-18-35-37(22-11-13-40-14-12-22)27(20)15-21(33)7-8-23-24-9-10-25(34(24,2)17-28(38)31(23)33)29(39)19-41-32-36-26-5-3-4-6-30(26)42-32/h3-6,15,18,22-25,28,31,38H,7-14,16-17,19H2,1-2H3. The van der Waals surface area contributed by atoms with E-state index in [-0.39, 0.29) is 28.8 Å². The Balaban J connectivity index is 1.01. The first-order valence-electron chi connectivity index (χ1n) is 15.9. The number of allylic oxidation sites excluding steroid dienone is 1. The minimum atomic E-state index is -0.387. The third-order valence-electron chi connectivity index (χ3n) is 12.0. The second kappa shape index (κ2) is 10.3. The molecule has 8 heteroatoms. The Morgan fingerprint density at radius 1 is 1.17 bits per heavy atom. The first kappa shape index (κ1) is 27.5. The summed E-state index contributed by atoms with van der Waals surface area (Å²) >= 11 is 3.27. The average Bonchev–Trinajstić information content (AvgIpc) is 3.68. The molecule has 1 saturated heterocycles. The van der Waals surface area contributed by atoms with Crippen molar-refractivity contribution in [2.24, 2.45) is 34.5 Å². The molecule has 5 aliphatic rings. The number of Topliss-reactive ketones (excluding diaryl/α,β-unsaturated/α-hetero) is 1. The van der Waals surface area contributed by atoms with Gasteiger partial charge in [-0.05, 0) is 104 Å². The molecule has 0 bridgehead atoms. The van der Waals surface area contributed by atoms with E-state index in [1.807, 2.05) is 18.2 Å². The Bertz CT molecular complexity index is 1520. The minimum Gasteiger partial charge on any atom is -0.393 e. The van der Waals surface area contributed by atoms with E-state index in [4.69, 9.17) is 14.8 Å². The summed E-state index contributed by atoms with van der Waals surface area (Å²) in [6, 6.07) is 8.61. The zero-order chi connectivity index (χ0) is 28.6. The number of carbonyl (C=O) groups is 1. The molecule has 0 radical (unpaired) electrons. The second-order valence-corrected chi connectivity index (χ2v) is 16.3. The van der Waals surface area contributed by atoms with E-state index in [2.05, 4.69) is 36.9 Å². The van der Waals surface area contributed by atoms with Gasteiger partial charge in [0.15, 0.2) is 4.34 Å². The Hall–Kier alpha value is -2.00. The largest absolute Gasteiger partial charge is 0.393 e. The van der Waals surface area contributed by atoms with Crippen LogP contribution in [0.2, 0.25) is 0 Å². The summed E-state index contributed by atoms with van der Waals surface area (Å²) < 4.78 is 10.0. The molecule has 6 nitrogen and oxygen atoms in total. The molecular weight excluding hydrogens is 563 g/mol. The molecule has 1 aliphatic heterocycles.